The highest BCUT2D eigenvalue weighted by Crippen LogP contribution is 2.47. The molecule has 3 aliphatic rings. The van der Waals surface area contributed by atoms with Crippen molar-refractivity contribution >= 4 is 17.5 Å². The Bertz CT molecular complexity index is 1280. The van der Waals surface area contributed by atoms with E-state index in [0.717, 1.165) is 43.2 Å². The number of nitrogens with zero attached hydrogens (tertiary/aromatic N) is 1. The molecule has 0 saturated heterocycles. The van der Waals surface area contributed by atoms with Crippen molar-refractivity contribution in [2.75, 3.05) is 14.2 Å². The van der Waals surface area contributed by atoms with Crippen LogP contribution in [-0.2, 0) is 14.3 Å². The minimum Gasteiger partial charge on any atom is -0.493 e. The fraction of sp³-hybridized carbons (Fsp3) is 0.452. The average molecular weight is 520 g/mol. The minimum atomic E-state index is -0.720. The number of hydrogen-bond donors (Lipinski definition) is 0. The molecular formula is C31H34FNO5. The van der Waals surface area contributed by atoms with Gasteiger partial charge in [0, 0.05) is 29.3 Å². The first-order valence-electron chi connectivity index (χ1n) is 13.4. The first kappa shape index (κ1) is 26.1. The predicted octanol–water partition coefficient (Wildman–Crippen LogP) is 6.29. The lowest BCUT2D eigenvalue weighted by molar-refractivity contribution is -0.153. The zero-order valence-corrected chi connectivity index (χ0v) is 22.2. The van der Waals surface area contributed by atoms with E-state index in [-0.39, 0.29) is 36.0 Å². The van der Waals surface area contributed by atoms with Gasteiger partial charge in [-0.15, -0.1) is 0 Å². The molecule has 38 heavy (non-hydrogen) atoms. The number of benzene rings is 2. The molecule has 1 saturated carbocycles. The van der Waals surface area contributed by atoms with Crippen LogP contribution in [0.4, 0.5) is 4.39 Å². The number of allylic oxidation sites excluding steroid dienone is 2. The summed E-state index contributed by atoms with van der Waals surface area (Å²) in [5.74, 6) is -0.899. The predicted molar refractivity (Wildman–Crippen MR) is 142 cm³/mol. The molecule has 1 aliphatic heterocycles. The van der Waals surface area contributed by atoms with Crippen molar-refractivity contribution in [2.45, 2.75) is 69.8 Å². The Balaban J connectivity index is 1.51. The molecule has 1 fully saturated rings. The Morgan fingerprint density at radius 2 is 1.61 bits per heavy atom. The van der Waals surface area contributed by atoms with Gasteiger partial charge in [-0.3, -0.25) is 14.6 Å². The largest absolute Gasteiger partial charge is 0.493 e. The smallest absolute Gasteiger partial charge is 0.315 e. The molecule has 0 amide bonds. The van der Waals surface area contributed by atoms with E-state index in [1.54, 1.807) is 26.4 Å². The number of carbonyl (C=O) groups is 2. The SMILES string of the molecule is COc1ccc([C@@H]2CC(=O)C3=C(C2)N=C(C)C(C(=O)OC2CCCCC2)[C@@H]3c2ccc(F)cc2)cc1OC. The van der Waals surface area contributed by atoms with E-state index >= 15 is 0 Å². The lowest BCUT2D eigenvalue weighted by atomic mass is 9.69. The highest BCUT2D eigenvalue weighted by molar-refractivity contribution is 6.09. The zero-order chi connectivity index (χ0) is 26.8. The van der Waals surface area contributed by atoms with Gasteiger partial charge in [-0.05, 0) is 80.3 Å². The number of methoxy groups -OCH3 is 2. The number of aliphatic imine (C=N–C) groups is 1. The van der Waals surface area contributed by atoms with E-state index in [0.29, 0.717) is 34.9 Å². The van der Waals surface area contributed by atoms with Crippen molar-refractivity contribution in [3.63, 3.8) is 0 Å². The van der Waals surface area contributed by atoms with Gasteiger partial charge in [0.2, 0.25) is 0 Å². The summed E-state index contributed by atoms with van der Waals surface area (Å²) in [5, 5.41) is 0. The summed E-state index contributed by atoms with van der Waals surface area (Å²) < 4.78 is 30.7. The van der Waals surface area contributed by atoms with Crippen LogP contribution in [0.15, 0.2) is 58.7 Å². The molecule has 200 valence electrons. The number of halogens is 1. The van der Waals surface area contributed by atoms with Crippen molar-refractivity contribution in [1.29, 1.82) is 0 Å². The fourth-order valence-corrected chi connectivity index (χ4v) is 6.16. The van der Waals surface area contributed by atoms with E-state index in [9.17, 15) is 14.0 Å². The second kappa shape index (κ2) is 11.1. The lowest BCUT2D eigenvalue weighted by Crippen LogP contribution is -2.39. The van der Waals surface area contributed by atoms with Crippen molar-refractivity contribution in [1.82, 2.24) is 0 Å². The summed E-state index contributed by atoms with van der Waals surface area (Å²) in [5.41, 5.74) is 3.54. The number of hydrogen-bond acceptors (Lipinski definition) is 6. The van der Waals surface area contributed by atoms with Gasteiger partial charge in [0.15, 0.2) is 17.3 Å². The van der Waals surface area contributed by atoms with Crippen molar-refractivity contribution in [3.8, 4) is 11.5 Å². The zero-order valence-electron chi connectivity index (χ0n) is 22.2. The van der Waals surface area contributed by atoms with Crippen molar-refractivity contribution in [3.05, 3.63) is 70.7 Å². The van der Waals surface area contributed by atoms with Gasteiger partial charge in [-0.1, -0.05) is 24.6 Å². The molecule has 2 aliphatic carbocycles. The van der Waals surface area contributed by atoms with E-state index in [1.807, 2.05) is 25.1 Å². The number of ketones is 1. The van der Waals surface area contributed by atoms with Crippen LogP contribution in [0.25, 0.3) is 0 Å². The number of carbonyl (C=O) groups excluding carboxylic acids is 2. The van der Waals surface area contributed by atoms with E-state index in [1.165, 1.54) is 12.1 Å². The molecule has 6 nitrogen and oxygen atoms in total. The van der Waals surface area contributed by atoms with Crippen LogP contribution in [0.2, 0.25) is 0 Å². The molecule has 2 aromatic carbocycles. The minimum absolute atomic E-state index is 0.0490. The third kappa shape index (κ3) is 5.11. The van der Waals surface area contributed by atoms with Crippen LogP contribution in [0.1, 0.15) is 74.8 Å². The topological polar surface area (TPSA) is 74.2 Å². The number of Topliss-reactive ketones (excluding diaryl/α,β-unsaturated/α-hetero) is 1. The normalized spacial score (nSPS) is 23.9. The summed E-state index contributed by atoms with van der Waals surface area (Å²) in [4.78, 5) is 32.2. The van der Waals surface area contributed by atoms with Crippen LogP contribution in [-0.4, -0.2) is 37.8 Å². The molecular weight excluding hydrogens is 485 g/mol. The molecule has 3 atom stereocenters. The Labute approximate surface area is 222 Å². The summed E-state index contributed by atoms with van der Waals surface area (Å²) in [6.07, 6.45) is 5.68. The Morgan fingerprint density at radius 3 is 2.29 bits per heavy atom. The molecule has 0 aromatic heterocycles. The van der Waals surface area contributed by atoms with E-state index in [2.05, 4.69) is 0 Å². The van der Waals surface area contributed by atoms with Crippen molar-refractivity contribution in [2.24, 2.45) is 10.9 Å². The molecule has 2 aromatic rings. The van der Waals surface area contributed by atoms with E-state index < -0.39 is 11.8 Å². The number of ether oxygens (including phenoxy) is 3. The number of esters is 1. The third-order valence-corrected chi connectivity index (χ3v) is 8.09. The average Bonchev–Trinajstić information content (AvgIpc) is 2.92. The molecule has 7 heteroatoms. The first-order valence-corrected chi connectivity index (χ1v) is 13.4. The van der Waals surface area contributed by atoms with Gasteiger partial charge in [0.25, 0.3) is 0 Å². The van der Waals surface area contributed by atoms with Gasteiger partial charge in [-0.25, -0.2) is 4.39 Å². The van der Waals surface area contributed by atoms with Gasteiger partial charge in [0.1, 0.15) is 17.8 Å². The van der Waals surface area contributed by atoms with Crippen LogP contribution < -0.4 is 9.47 Å². The summed E-state index contributed by atoms with van der Waals surface area (Å²) >= 11 is 0. The monoisotopic (exact) mass is 519 g/mol. The fourth-order valence-electron chi connectivity index (χ4n) is 6.16. The second-order valence-electron chi connectivity index (χ2n) is 10.5. The van der Waals surface area contributed by atoms with Crippen LogP contribution in [0, 0.1) is 11.7 Å². The molecule has 5 rings (SSSR count). The van der Waals surface area contributed by atoms with Gasteiger partial charge in [-0.2, -0.15) is 0 Å². The summed E-state index contributed by atoms with van der Waals surface area (Å²) in [7, 11) is 3.17. The van der Waals surface area contributed by atoms with Crippen LogP contribution in [0.3, 0.4) is 0 Å². The van der Waals surface area contributed by atoms with Crippen LogP contribution >= 0.6 is 0 Å². The Morgan fingerprint density at radius 1 is 0.921 bits per heavy atom. The highest BCUT2D eigenvalue weighted by Gasteiger charge is 2.45. The lowest BCUT2D eigenvalue weighted by Gasteiger charge is -2.37. The van der Waals surface area contributed by atoms with Gasteiger partial charge in [0.05, 0.1) is 14.2 Å². The summed E-state index contributed by atoms with van der Waals surface area (Å²) in [6, 6.07) is 11.8. The maximum absolute atomic E-state index is 13.8. The summed E-state index contributed by atoms with van der Waals surface area (Å²) in [6.45, 7) is 1.83. The van der Waals surface area contributed by atoms with E-state index in [4.69, 9.17) is 19.2 Å². The van der Waals surface area contributed by atoms with Gasteiger partial charge < -0.3 is 14.2 Å². The molecule has 0 radical (unpaired) electrons. The molecule has 0 bridgehead atoms. The first-order chi connectivity index (χ1) is 18.4. The molecule has 0 N–H and O–H groups in total. The van der Waals surface area contributed by atoms with Crippen LogP contribution in [0.5, 0.6) is 11.5 Å². The number of rotatable bonds is 6. The Kier molecular flexibility index (Phi) is 7.63. The van der Waals surface area contributed by atoms with Crippen molar-refractivity contribution < 1.29 is 28.2 Å². The maximum atomic E-state index is 13.8. The Hall–Kier alpha value is -3.48. The van der Waals surface area contributed by atoms with Gasteiger partial charge >= 0.3 is 5.97 Å². The second-order valence-corrected chi connectivity index (χ2v) is 10.5. The third-order valence-electron chi connectivity index (χ3n) is 8.09. The maximum Gasteiger partial charge on any atom is 0.315 e. The quantitative estimate of drug-likeness (QED) is 0.419. The standard InChI is InChI=1S/C31H34FNO5/c1-18-28(31(35)38-23-7-5-4-6-8-23)29(19-9-12-22(32)13-10-19)30-24(33-18)15-21(16-25(30)34)20-11-14-26(36-2)27(17-20)37-3/h9-14,17,21,23,28-29H,4-8,15-16H2,1-3H3/t21-,28?,29-/m0/s1. The molecule has 0 spiro atoms. The molecule has 1 unspecified atom stereocenters. The highest BCUT2D eigenvalue weighted by atomic mass is 19.1. The molecule has 1 heterocycles.